The maximum atomic E-state index is 12.5. The van der Waals surface area contributed by atoms with Gasteiger partial charge in [0.15, 0.2) is 5.78 Å². The maximum absolute atomic E-state index is 12.5. The quantitative estimate of drug-likeness (QED) is 0.748. The van der Waals surface area contributed by atoms with Crippen LogP contribution in [-0.2, 0) is 4.74 Å². The van der Waals surface area contributed by atoms with Gasteiger partial charge >= 0.3 is 0 Å². The number of carbonyl (C=O) groups is 1. The number of Topliss-reactive ketones (excluding diaryl/α,β-unsaturated/α-hetero) is 1. The van der Waals surface area contributed by atoms with Gasteiger partial charge in [0.1, 0.15) is 0 Å². The smallest absolute Gasteiger partial charge is 0.177 e. The van der Waals surface area contributed by atoms with Gasteiger partial charge in [-0.15, -0.1) is 0 Å². The van der Waals surface area contributed by atoms with Crippen molar-refractivity contribution in [3.8, 4) is 0 Å². The largest absolute Gasteiger partial charge is 0.377 e. The van der Waals surface area contributed by atoms with Gasteiger partial charge in [-0.2, -0.15) is 0 Å². The number of ether oxygens (including phenoxy) is 1. The highest BCUT2D eigenvalue weighted by Gasteiger charge is 2.20. The van der Waals surface area contributed by atoms with E-state index in [1.807, 2.05) is 26.0 Å². The van der Waals surface area contributed by atoms with E-state index in [-0.39, 0.29) is 5.78 Å². The minimum absolute atomic E-state index is 0.214. The second-order valence-electron chi connectivity index (χ2n) is 5.70. The summed E-state index contributed by atoms with van der Waals surface area (Å²) in [6.45, 7) is 9.24. The molecule has 0 spiro atoms. The zero-order valence-electron chi connectivity index (χ0n) is 12.8. The Morgan fingerprint density at radius 3 is 2.85 bits per heavy atom. The molecule has 110 valence electrons. The Balaban J connectivity index is 1.99. The molecule has 1 heterocycles. The molecule has 1 aromatic rings. The SMILES string of the molecule is CCN(CC(=O)c1cc(C)ccc1C)CC1CCCO1. The summed E-state index contributed by atoms with van der Waals surface area (Å²) >= 11 is 0. The lowest BCUT2D eigenvalue weighted by atomic mass is 10.0. The lowest BCUT2D eigenvalue weighted by Gasteiger charge is -2.23. The Kier molecular flexibility index (Phi) is 5.32. The van der Waals surface area contributed by atoms with E-state index in [0.29, 0.717) is 12.6 Å². The van der Waals surface area contributed by atoms with E-state index in [9.17, 15) is 4.79 Å². The van der Waals surface area contributed by atoms with Gasteiger partial charge in [-0.05, 0) is 44.9 Å². The van der Waals surface area contributed by atoms with Crippen LogP contribution in [0.2, 0.25) is 0 Å². The zero-order valence-corrected chi connectivity index (χ0v) is 12.8. The molecule has 3 heteroatoms. The molecule has 1 aliphatic rings. The molecule has 0 aromatic heterocycles. The van der Waals surface area contributed by atoms with Crippen molar-refractivity contribution < 1.29 is 9.53 Å². The van der Waals surface area contributed by atoms with Crippen LogP contribution in [0.3, 0.4) is 0 Å². The van der Waals surface area contributed by atoms with Crippen molar-refractivity contribution in [2.75, 3.05) is 26.2 Å². The highest BCUT2D eigenvalue weighted by molar-refractivity contribution is 5.99. The molecule has 1 unspecified atom stereocenters. The summed E-state index contributed by atoms with van der Waals surface area (Å²) in [6, 6.07) is 6.08. The zero-order chi connectivity index (χ0) is 14.5. The molecule has 3 nitrogen and oxygen atoms in total. The van der Waals surface area contributed by atoms with E-state index < -0.39 is 0 Å². The lowest BCUT2D eigenvalue weighted by molar-refractivity contribution is 0.0686. The predicted molar refractivity (Wildman–Crippen MR) is 81.3 cm³/mol. The summed E-state index contributed by atoms with van der Waals surface area (Å²) in [5, 5.41) is 0. The molecule has 0 amide bonds. The van der Waals surface area contributed by atoms with Gasteiger partial charge in [0.2, 0.25) is 0 Å². The normalized spacial score (nSPS) is 18.7. The van der Waals surface area contributed by atoms with Gasteiger partial charge in [0, 0.05) is 18.7 Å². The minimum atomic E-state index is 0.214. The van der Waals surface area contributed by atoms with Crippen LogP contribution < -0.4 is 0 Å². The first-order valence-electron chi connectivity index (χ1n) is 7.54. The summed E-state index contributed by atoms with van der Waals surface area (Å²) < 4.78 is 5.66. The van der Waals surface area contributed by atoms with Crippen molar-refractivity contribution in [2.24, 2.45) is 0 Å². The van der Waals surface area contributed by atoms with Crippen LogP contribution in [0.25, 0.3) is 0 Å². The van der Waals surface area contributed by atoms with Crippen molar-refractivity contribution in [3.05, 3.63) is 34.9 Å². The monoisotopic (exact) mass is 275 g/mol. The van der Waals surface area contributed by atoms with Crippen LogP contribution in [-0.4, -0.2) is 43.0 Å². The summed E-state index contributed by atoms with van der Waals surface area (Å²) in [4.78, 5) is 14.7. The number of carbonyl (C=O) groups excluding carboxylic acids is 1. The van der Waals surface area contributed by atoms with Gasteiger partial charge in [-0.25, -0.2) is 0 Å². The Morgan fingerprint density at radius 2 is 2.20 bits per heavy atom. The van der Waals surface area contributed by atoms with Gasteiger partial charge in [-0.3, -0.25) is 9.69 Å². The lowest BCUT2D eigenvalue weighted by Crippen LogP contribution is -2.36. The fourth-order valence-electron chi connectivity index (χ4n) is 2.71. The van der Waals surface area contributed by atoms with Crippen LogP contribution in [0.5, 0.6) is 0 Å². The molecular formula is C17H25NO2. The van der Waals surface area contributed by atoms with Gasteiger partial charge in [0.25, 0.3) is 0 Å². The molecule has 1 atom stereocenters. The first-order chi connectivity index (χ1) is 9.60. The number of nitrogens with zero attached hydrogens (tertiary/aromatic N) is 1. The average molecular weight is 275 g/mol. The van der Waals surface area contributed by atoms with Crippen LogP contribution in [0.15, 0.2) is 18.2 Å². The number of hydrogen-bond acceptors (Lipinski definition) is 3. The van der Waals surface area contributed by atoms with Crippen molar-refractivity contribution >= 4 is 5.78 Å². The molecular weight excluding hydrogens is 250 g/mol. The second kappa shape index (κ2) is 7.00. The highest BCUT2D eigenvalue weighted by Crippen LogP contribution is 2.15. The number of rotatable bonds is 6. The third-order valence-electron chi connectivity index (χ3n) is 3.99. The van der Waals surface area contributed by atoms with Crippen molar-refractivity contribution in [3.63, 3.8) is 0 Å². The molecule has 0 saturated carbocycles. The van der Waals surface area contributed by atoms with E-state index >= 15 is 0 Å². The van der Waals surface area contributed by atoms with Gasteiger partial charge in [0.05, 0.1) is 12.6 Å². The first kappa shape index (κ1) is 15.2. The second-order valence-corrected chi connectivity index (χ2v) is 5.70. The average Bonchev–Trinajstić information content (AvgIpc) is 2.93. The molecule has 1 aromatic carbocycles. The van der Waals surface area contributed by atoms with Crippen molar-refractivity contribution in [1.29, 1.82) is 0 Å². The van der Waals surface area contributed by atoms with Gasteiger partial charge in [-0.1, -0.05) is 24.6 Å². The Hall–Kier alpha value is -1.19. The topological polar surface area (TPSA) is 29.5 Å². The number of aryl methyl sites for hydroxylation is 2. The number of hydrogen-bond donors (Lipinski definition) is 0. The molecule has 1 saturated heterocycles. The molecule has 0 bridgehead atoms. The number of ketones is 1. The summed E-state index contributed by atoms with van der Waals surface area (Å²) in [6.07, 6.45) is 2.57. The molecule has 2 rings (SSSR count). The molecule has 1 fully saturated rings. The molecule has 0 aliphatic carbocycles. The van der Waals surface area contributed by atoms with E-state index in [1.54, 1.807) is 0 Å². The van der Waals surface area contributed by atoms with Crippen molar-refractivity contribution in [1.82, 2.24) is 4.90 Å². The number of likely N-dealkylation sites (N-methyl/N-ethyl adjacent to an activating group) is 1. The molecule has 0 radical (unpaired) electrons. The summed E-state index contributed by atoms with van der Waals surface area (Å²) in [5.74, 6) is 0.214. The maximum Gasteiger partial charge on any atom is 0.177 e. The molecule has 0 N–H and O–H groups in total. The van der Waals surface area contributed by atoms with E-state index in [0.717, 1.165) is 49.2 Å². The van der Waals surface area contributed by atoms with E-state index in [1.165, 1.54) is 0 Å². The first-order valence-corrected chi connectivity index (χ1v) is 7.54. The van der Waals surface area contributed by atoms with Crippen LogP contribution in [0.4, 0.5) is 0 Å². The van der Waals surface area contributed by atoms with Crippen LogP contribution in [0.1, 0.15) is 41.3 Å². The Bertz CT molecular complexity index is 464. The fraction of sp³-hybridized carbons (Fsp3) is 0.588. The Labute approximate surface area is 121 Å². The third kappa shape index (κ3) is 3.90. The van der Waals surface area contributed by atoms with E-state index in [2.05, 4.69) is 17.9 Å². The fourth-order valence-corrected chi connectivity index (χ4v) is 2.71. The predicted octanol–water partition coefficient (Wildman–Crippen LogP) is 2.99. The Morgan fingerprint density at radius 1 is 1.40 bits per heavy atom. The highest BCUT2D eigenvalue weighted by atomic mass is 16.5. The summed E-state index contributed by atoms with van der Waals surface area (Å²) in [7, 11) is 0. The van der Waals surface area contributed by atoms with Crippen LogP contribution in [0, 0.1) is 13.8 Å². The standard InChI is InChI=1S/C17H25NO2/c1-4-18(11-15-6-5-9-20-15)12-17(19)16-10-13(2)7-8-14(16)3/h7-8,10,15H,4-6,9,11-12H2,1-3H3. The summed E-state index contributed by atoms with van der Waals surface area (Å²) in [5.41, 5.74) is 3.06. The third-order valence-corrected chi connectivity index (χ3v) is 3.99. The molecule has 1 aliphatic heterocycles. The van der Waals surface area contributed by atoms with Crippen LogP contribution >= 0.6 is 0 Å². The van der Waals surface area contributed by atoms with E-state index in [4.69, 9.17) is 4.74 Å². The molecule has 20 heavy (non-hydrogen) atoms. The minimum Gasteiger partial charge on any atom is -0.377 e. The van der Waals surface area contributed by atoms with Crippen molar-refractivity contribution in [2.45, 2.75) is 39.7 Å². The number of benzene rings is 1. The van der Waals surface area contributed by atoms with Gasteiger partial charge < -0.3 is 4.74 Å².